The van der Waals surface area contributed by atoms with Gasteiger partial charge in [0.05, 0.1) is 30.4 Å². The molecule has 0 aliphatic carbocycles. The monoisotopic (exact) mass is 351 g/mol. The SMILES string of the molecule is CS(=O)(=O)[C@]1([C@@H]2c3ccc(F)cc3-c3cncn32)CCNC[C@@H]1O. The summed E-state index contributed by atoms with van der Waals surface area (Å²) in [5.74, 6) is -0.388. The molecule has 2 aliphatic heterocycles. The Balaban J connectivity index is 2.02. The molecular weight excluding hydrogens is 333 g/mol. The van der Waals surface area contributed by atoms with Gasteiger partial charge in [-0.1, -0.05) is 6.07 Å². The van der Waals surface area contributed by atoms with Gasteiger partial charge in [-0.25, -0.2) is 17.8 Å². The Morgan fingerprint density at radius 3 is 2.96 bits per heavy atom. The van der Waals surface area contributed by atoms with Gasteiger partial charge in [0.15, 0.2) is 9.84 Å². The molecule has 8 heteroatoms. The van der Waals surface area contributed by atoms with Crippen LogP contribution < -0.4 is 5.32 Å². The van der Waals surface area contributed by atoms with Crippen molar-refractivity contribution < 1.29 is 17.9 Å². The number of aromatic nitrogens is 2. The van der Waals surface area contributed by atoms with Crippen molar-refractivity contribution in [1.82, 2.24) is 14.9 Å². The number of nitrogens with one attached hydrogen (secondary N) is 1. The van der Waals surface area contributed by atoms with E-state index in [1.165, 1.54) is 18.4 Å². The smallest absolute Gasteiger partial charge is 0.158 e. The van der Waals surface area contributed by atoms with Crippen LogP contribution in [0.3, 0.4) is 0 Å². The van der Waals surface area contributed by atoms with Gasteiger partial charge in [0, 0.05) is 18.4 Å². The highest BCUT2D eigenvalue weighted by atomic mass is 32.2. The largest absolute Gasteiger partial charge is 0.390 e. The topological polar surface area (TPSA) is 84.2 Å². The van der Waals surface area contributed by atoms with Crippen molar-refractivity contribution in [2.45, 2.75) is 23.3 Å². The van der Waals surface area contributed by atoms with Crippen molar-refractivity contribution in [3.05, 3.63) is 42.1 Å². The number of benzene rings is 1. The number of aliphatic hydroxyl groups is 1. The third-order valence-electron chi connectivity index (χ3n) is 5.28. The van der Waals surface area contributed by atoms with Crippen molar-refractivity contribution in [2.24, 2.45) is 0 Å². The number of aliphatic hydroxyl groups excluding tert-OH is 1. The lowest BCUT2D eigenvalue weighted by Gasteiger charge is -2.45. The number of imidazole rings is 1. The van der Waals surface area contributed by atoms with E-state index in [2.05, 4.69) is 10.3 Å². The fourth-order valence-corrected chi connectivity index (χ4v) is 5.87. The normalized spacial score (nSPS) is 29.3. The minimum Gasteiger partial charge on any atom is -0.390 e. The molecule has 3 heterocycles. The molecule has 1 aromatic heterocycles. The van der Waals surface area contributed by atoms with Crippen molar-refractivity contribution in [2.75, 3.05) is 19.3 Å². The highest BCUT2D eigenvalue weighted by Crippen LogP contribution is 2.50. The molecule has 128 valence electrons. The standard InChI is InChI=1S/C16H18FN3O3S/c1-24(22,23)16(4-5-18-8-14(16)21)15-11-3-2-10(17)6-12(11)13-7-19-9-20(13)15/h2-3,6-7,9,14-15,18,21H,4-5,8H2,1H3/t14-,15-,16+/m0/s1. The number of β-amino-alcohol motifs (C(OH)–C–C–N with tert-alkyl or cyclic N) is 1. The van der Waals surface area contributed by atoms with Crippen LogP contribution in [0, 0.1) is 5.82 Å². The maximum atomic E-state index is 13.7. The lowest BCUT2D eigenvalue weighted by molar-refractivity contribution is 0.0787. The average Bonchev–Trinajstić information content (AvgIpc) is 3.08. The molecule has 1 aromatic carbocycles. The molecule has 0 unspecified atom stereocenters. The van der Waals surface area contributed by atoms with E-state index < -0.39 is 26.7 Å². The second-order valence-corrected chi connectivity index (χ2v) is 8.82. The van der Waals surface area contributed by atoms with E-state index in [0.717, 1.165) is 0 Å². The van der Waals surface area contributed by atoms with Gasteiger partial charge >= 0.3 is 0 Å². The molecule has 4 rings (SSSR count). The number of sulfone groups is 1. The van der Waals surface area contributed by atoms with Gasteiger partial charge in [0.25, 0.3) is 0 Å². The van der Waals surface area contributed by atoms with Gasteiger partial charge in [-0.2, -0.15) is 0 Å². The number of hydrogen-bond donors (Lipinski definition) is 2. The van der Waals surface area contributed by atoms with Crippen molar-refractivity contribution in [3.8, 4) is 11.3 Å². The fraction of sp³-hybridized carbons (Fsp3) is 0.438. The lowest BCUT2D eigenvalue weighted by Crippen LogP contribution is -2.62. The second-order valence-electron chi connectivity index (χ2n) is 6.52. The van der Waals surface area contributed by atoms with Crippen LogP contribution >= 0.6 is 0 Å². The molecule has 0 bridgehead atoms. The van der Waals surface area contributed by atoms with Gasteiger partial charge in [-0.15, -0.1) is 0 Å². The maximum absolute atomic E-state index is 13.7. The first-order valence-corrected chi connectivity index (χ1v) is 9.65. The third-order valence-corrected chi connectivity index (χ3v) is 7.36. The van der Waals surface area contributed by atoms with Gasteiger partial charge < -0.3 is 15.0 Å². The van der Waals surface area contributed by atoms with E-state index in [0.29, 0.717) is 23.4 Å². The summed E-state index contributed by atoms with van der Waals surface area (Å²) < 4.78 is 39.7. The van der Waals surface area contributed by atoms with Gasteiger partial charge in [-0.3, -0.25) is 0 Å². The van der Waals surface area contributed by atoms with E-state index in [4.69, 9.17) is 0 Å². The van der Waals surface area contributed by atoms with E-state index >= 15 is 0 Å². The third kappa shape index (κ3) is 1.93. The van der Waals surface area contributed by atoms with Crippen molar-refractivity contribution in [3.63, 3.8) is 0 Å². The summed E-state index contributed by atoms with van der Waals surface area (Å²) in [4.78, 5) is 4.10. The Morgan fingerprint density at radius 1 is 1.46 bits per heavy atom. The molecule has 0 amide bonds. The molecule has 3 atom stereocenters. The molecule has 2 N–H and O–H groups in total. The van der Waals surface area contributed by atoms with Crippen LogP contribution in [0.15, 0.2) is 30.7 Å². The molecule has 24 heavy (non-hydrogen) atoms. The van der Waals surface area contributed by atoms with Crippen LogP contribution in [0.25, 0.3) is 11.3 Å². The molecular formula is C16H18FN3O3S. The number of nitrogens with zero attached hydrogens (tertiary/aromatic N) is 2. The zero-order chi connectivity index (χ0) is 17.1. The molecule has 1 fully saturated rings. The maximum Gasteiger partial charge on any atom is 0.158 e. The van der Waals surface area contributed by atoms with Crippen LogP contribution in [0.1, 0.15) is 18.0 Å². The first kappa shape index (κ1) is 15.7. The fourth-order valence-electron chi connectivity index (χ4n) is 4.17. The molecule has 0 radical (unpaired) electrons. The Bertz CT molecular complexity index is 911. The Morgan fingerprint density at radius 2 is 2.25 bits per heavy atom. The first-order chi connectivity index (χ1) is 11.4. The summed E-state index contributed by atoms with van der Waals surface area (Å²) in [6.07, 6.45) is 3.52. The second kappa shape index (κ2) is 5.11. The predicted molar refractivity (Wildman–Crippen MR) is 86.8 cm³/mol. The summed E-state index contributed by atoms with van der Waals surface area (Å²) in [5.41, 5.74) is 2.01. The van der Waals surface area contributed by atoms with Gasteiger partial charge in [0.2, 0.25) is 0 Å². The molecule has 1 saturated heterocycles. The predicted octanol–water partition coefficient (Wildman–Crippen LogP) is 0.730. The summed E-state index contributed by atoms with van der Waals surface area (Å²) >= 11 is 0. The van der Waals surface area contributed by atoms with Crippen molar-refractivity contribution >= 4 is 9.84 Å². The summed E-state index contributed by atoms with van der Waals surface area (Å²) in [6, 6.07) is 3.71. The van der Waals surface area contributed by atoms with E-state index in [1.54, 1.807) is 23.2 Å². The number of fused-ring (bicyclic) bond motifs is 3. The van der Waals surface area contributed by atoms with Crippen LogP contribution in [-0.4, -0.2) is 53.3 Å². The van der Waals surface area contributed by atoms with E-state index in [-0.39, 0.29) is 18.8 Å². The van der Waals surface area contributed by atoms with Crippen LogP contribution in [-0.2, 0) is 9.84 Å². The average molecular weight is 351 g/mol. The number of rotatable bonds is 2. The zero-order valence-electron chi connectivity index (χ0n) is 13.1. The van der Waals surface area contributed by atoms with Crippen LogP contribution in [0.5, 0.6) is 0 Å². The minimum atomic E-state index is -3.63. The molecule has 0 spiro atoms. The summed E-state index contributed by atoms with van der Waals surface area (Å²) in [6.45, 7) is 0.686. The number of piperidine rings is 1. The quantitative estimate of drug-likeness (QED) is 0.833. The highest BCUT2D eigenvalue weighted by Gasteiger charge is 2.57. The van der Waals surface area contributed by atoms with Crippen LogP contribution in [0.4, 0.5) is 4.39 Å². The zero-order valence-corrected chi connectivity index (χ0v) is 13.9. The Labute approximate surface area is 139 Å². The highest BCUT2D eigenvalue weighted by molar-refractivity contribution is 7.92. The summed E-state index contributed by atoms with van der Waals surface area (Å²) in [5, 5.41) is 13.7. The van der Waals surface area contributed by atoms with E-state index in [9.17, 15) is 17.9 Å². The molecule has 0 saturated carbocycles. The van der Waals surface area contributed by atoms with E-state index in [1.807, 2.05) is 0 Å². The Kier molecular flexibility index (Phi) is 3.35. The number of halogens is 1. The summed E-state index contributed by atoms with van der Waals surface area (Å²) in [7, 11) is -3.63. The number of hydrogen-bond acceptors (Lipinski definition) is 5. The molecule has 2 aliphatic rings. The lowest BCUT2D eigenvalue weighted by atomic mass is 9.82. The molecule has 6 nitrogen and oxygen atoms in total. The van der Waals surface area contributed by atoms with Gasteiger partial charge in [0.1, 0.15) is 10.6 Å². The van der Waals surface area contributed by atoms with Crippen molar-refractivity contribution in [1.29, 1.82) is 0 Å². The van der Waals surface area contributed by atoms with Gasteiger partial charge in [-0.05, 0) is 30.7 Å². The Hall–Kier alpha value is -1.77. The van der Waals surface area contributed by atoms with Crippen LogP contribution in [0.2, 0.25) is 0 Å². The first-order valence-electron chi connectivity index (χ1n) is 7.76. The minimum absolute atomic E-state index is 0.199. The molecule has 2 aromatic rings.